The average Bonchev–Trinajstić information content (AvgIpc) is 2.59. The smallest absolute Gasteiger partial charge is 0.338 e. The largest absolute Gasteiger partial charge is 0.467 e. The zero-order valence-corrected chi connectivity index (χ0v) is 13.1. The Hall–Kier alpha value is -2.64. The molecular formula is C16H12ClNO6. The number of hydrogen-bond donors (Lipinski definition) is 0. The highest BCUT2D eigenvalue weighted by molar-refractivity contribution is 6.30. The van der Waals surface area contributed by atoms with Gasteiger partial charge < -0.3 is 14.2 Å². The van der Waals surface area contributed by atoms with Gasteiger partial charge in [-0.05, 0) is 18.2 Å². The van der Waals surface area contributed by atoms with Crippen molar-refractivity contribution in [1.82, 2.24) is 0 Å². The fourth-order valence-electron chi connectivity index (χ4n) is 2.34. The van der Waals surface area contributed by atoms with Crippen LogP contribution in [0.25, 0.3) is 0 Å². The number of hydrogen-bond acceptors (Lipinski definition) is 6. The van der Waals surface area contributed by atoms with Crippen LogP contribution >= 0.6 is 11.6 Å². The molecule has 8 heteroatoms. The van der Waals surface area contributed by atoms with Crippen molar-refractivity contribution in [2.75, 3.05) is 6.79 Å². The zero-order valence-electron chi connectivity index (χ0n) is 12.4. The number of nitro benzene ring substituents is 1. The van der Waals surface area contributed by atoms with E-state index in [1.807, 2.05) is 0 Å². The molecule has 0 unspecified atom stereocenters. The minimum absolute atomic E-state index is 0.0651. The summed E-state index contributed by atoms with van der Waals surface area (Å²) in [4.78, 5) is 22.3. The molecular weight excluding hydrogens is 338 g/mol. The van der Waals surface area contributed by atoms with E-state index in [0.717, 1.165) is 5.56 Å². The fourth-order valence-corrected chi connectivity index (χ4v) is 2.60. The molecule has 1 aliphatic rings. The summed E-state index contributed by atoms with van der Waals surface area (Å²) in [5.41, 5.74) is 1.31. The molecule has 0 amide bonds. The van der Waals surface area contributed by atoms with Crippen LogP contribution in [0.4, 0.5) is 5.69 Å². The number of fused-ring (bicyclic) bond motifs is 1. The third kappa shape index (κ3) is 3.47. The minimum atomic E-state index is -0.667. The second-order valence-corrected chi connectivity index (χ2v) is 5.48. The third-order valence-electron chi connectivity index (χ3n) is 3.40. The Labute approximate surface area is 141 Å². The zero-order chi connectivity index (χ0) is 17.1. The summed E-state index contributed by atoms with van der Waals surface area (Å²) in [6, 6.07) is 8.72. The first-order valence-electron chi connectivity index (χ1n) is 6.98. The van der Waals surface area contributed by atoms with E-state index in [4.69, 9.17) is 25.8 Å². The summed E-state index contributed by atoms with van der Waals surface area (Å²) in [5, 5.41) is 11.2. The van der Waals surface area contributed by atoms with Gasteiger partial charge in [0.05, 0.1) is 17.1 Å². The maximum absolute atomic E-state index is 12.1. The second-order valence-electron chi connectivity index (χ2n) is 5.05. The van der Waals surface area contributed by atoms with E-state index < -0.39 is 10.9 Å². The molecule has 24 heavy (non-hydrogen) atoms. The molecule has 124 valence electrons. The highest BCUT2D eigenvalue weighted by Gasteiger charge is 2.18. The highest BCUT2D eigenvalue weighted by atomic mass is 35.5. The van der Waals surface area contributed by atoms with Crippen LogP contribution < -0.4 is 4.74 Å². The Morgan fingerprint density at radius 3 is 2.96 bits per heavy atom. The Bertz CT molecular complexity index is 807. The maximum atomic E-state index is 12.1. The molecule has 0 radical (unpaired) electrons. The van der Waals surface area contributed by atoms with Gasteiger partial charge in [-0.25, -0.2) is 4.79 Å². The summed E-state index contributed by atoms with van der Waals surface area (Å²) in [6.45, 7) is 0.409. The van der Waals surface area contributed by atoms with Gasteiger partial charge in [-0.3, -0.25) is 10.1 Å². The van der Waals surface area contributed by atoms with E-state index in [2.05, 4.69) is 0 Å². The summed E-state index contributed by atoms with van der Waals surface area (Å²) >= 11 is 6.04. The van der Waals surface area contributed by atoms with Gasteiger partial charge in [-0.15, -0.1) is 0 Å². The lowest BCUT2D eigenvalue weighted by molar-refractivity contribution is -0.384. The van der Waals surface area contributed by atoms with Gasteiger partial charge in [0, 0.05) is 28.3 Å². The normalized spacial score (nSPS) is 12.9. The molecule has 0 aliphatic carbocycles. The van der Waals surface area contributed by atoms with Gasteiger partial charge in [0.1, 0.15) is 12.4 Å². The standard InChI is InChI=1S/C16H12ClNO6/c17-13-4-11-7-22-9-24-15(11)12(5-13)8-23-16(19)10-2-1-3-14(6-10)18(20)21/h1-6H,7-9H2. The minimum Gasteiger partial charge on any atom is -0.467 e. The van der Waals surface area contributed by atoms with E-state index in [1.165, 1.54) is 24.3 Å². The molecule has 1 aliphatic heterocycles. The number of halogens is 1. The quantitative estimate of drug-likeness (QED) is 0.477. The van der Waals surface area contributed by atoms with Crippen molar-refractivity contribution < 1.29 is 23.9 Å². The molecule has 1 heterocycles. The molecule has 3 rings (SSSR count). The van der Waals surface area contributed by atoms with E-state index in [1.54, 1.807) is 12.1 Å². The monoisotopic (exact) mass is 349 g/mol. The van der Waals surface area contributed by atoms with Crippen LogP contribution in [0.3, 0.4) is 0 Å². The van der Waals surface area contributed by atoms with Crippen LogP contribution in [-0.4, -0.2) is 17.7 Å². The summed E-state index contributed by atoms with van der Waals surface area (Å²) in [7, 11) is 0. The number of benzene rings is 2. The lowest BCUT2D eigenvalue weighted by Gasteiger charge is -2.21. The van der Waals surface area contributed by atoms with Crippen molar-refractivity contribution in [2.24, 2.45) is 0 Å². The molecule has 0 fully saturated rings. The van der Waals surface area contributed by atoms with Crippen LogP contribution in [0.5, 0.6) is 5.75 Å². The van der Waals surface area contributed by atoms with E-state index in [9.17, 15) is 14.9 Å². The molecule has 0 bridgehead atoms. The molecule has 0 saturated heterocycles. The molecule has 7 nitrogen and oxygen atoms in total. The Morgan fingerprint density at radius 1 is 1.33 bits per heavy atom. The molecule has 0 saturated carbocycles. The van der Waals surface area contributed by atoms with Crippen molar-refractivity contribution in [3.05, 3.63) is 68.2 Å². The van der Waals surface area contributed by atoms with Crippen molar-refractivity contribution in [3.8, 4) is 5.75 Å². The first-order chi connectivity index (χ1) is 11.5. The van der Waals surface area contributed by atoms with Crippen molar-refractivity contribution in [1.29, 1.82) is 0 Å². The van der Waals surface area contributed by atoms with Crippen LogP contribution in [-0.2, 0) is 22.7 Å². The molecule has 0 N–H and O–H groups in total. The number of carbonyl (C=O) groups excluding carboxylic acids is 1. The van der Waals surface area contributed by atoms with Gasteiger partial charge in [0.25, 0.3) is 5.69 Å². The van der Waals surface area contributed by atoms with E-state index in [0.29, 0.717) is 22.9 Å². The predicted octanol–water partition coefficient (Wildman–Crippen LogP) is 3.47. The molecule has 2 aromatic rings. The highest BCUT2D eigenvalue weighted by Crippen LogP contribution is 2.32. The summed E-state index contributed by atoms with van der Waals surface area (Å²) in [6.07, 6.45) is 0. The number of carbonyl (C=O) groups is 1. The van der Waals surface area contributed by atoms with E-state index >= 15 is 0 Å². The van der Waals surface area contributed by atoms with Crippen LogP contribution in [0.2, 0.25) is 5.02 Å². The van der Waals surface area contributed by atoms with Crippen molar-refractivity contribution in [2.45, 2.75) is 13.2 Å². The lowest BCUT2D eigenvalue weighted by atomic mass is 10.1. The average molecular weight is 350 g/mol. The maximum Gasteiger partial charge on any atom is 0.338 e. The number of nitrogens with zero attached hydrogens (tertiary/aromatic N) is 1. The van der Waals surface area contributed by atoms with Gasteiger partial charge >= 0.3 is 5.97 Å². The second kappa shape index (κ2) is 6.86. The third-order valence-corrected chi connectivity index (χ3v) is 3.62. The first kappa shape index (κ1) is 16.2. The number of nitro groups is 1. The first-order valence-corrected chi connectivity index (χ1v) is 7.36. The Morgan fingerprint density at radius 2 is 2.17 bits per heavy atom. The van der Waals surface area contributed by atoms with E-state index in [-0.39, 0.29) is 24.7 Å². The van der Waals surface area contributed by atoms with Gasteiger partial charge in [0.15, 0.2) is 6.79 Å². The number of rotatable bonds is 4. The van der Waals surface area contributed by atoms with Crippen molar-refractivity contribution >= 4 is 23.3 Å². The summed E-state index contributed by atoms with van der Waals surface area (Å²) < 4.78 is 15.8. The number of esters is 1. The predicted molar refractivity (Wildman–Crippen MR) is 84.0 cm³/mol. The Balaban J connectivity index is 1.76. The van der Waals surface area contributed by atoms with Crippen molar-refractivity contribution in [3.63, 3.8) is 0 Å². The molecule has 0 spiro atoms. The molecule has 2 aromatic carbocycles. The molecule has 0 atom stereocenters. The number of non-ortho nitro benzene ring substituents is 1. The van der Waals surface area contributed by atoms with Crippen LogP contribution in [0, 0.1) is 10.1 Å². The van der Waals surface area contributed by atoms with Crippen LogP contribution in [0.15, 0.2) is 36.4 Å². The fraction of sp³-hybridized carbons (Fsp3) is 0.188. The van der Waals surface area contributed by atoms with Crippen LogP contribution in [0.1, 0.15) is 21.5 Å². The Kier molecular flexibility index (Phi) is 4.64. The molecule has 0 aromatic heterocycles. The SMILES string of the molecule is O=C(OCc1cc(Cl)cc2c1OCOC2)c1cccc([N+](=O)[O-])c1. The van der Waals surface area contributed by atoms with Gasteiger partial charge in [-0.2, -0.15) is 0 Å². The lowest BCUT2D eigenvalue weighted by Crippen LogP contribution is -2.14. The van der Waals surface area contributed by atoms with Gasteiger partial charge in [-0.1, -0.05) is 17.7 Å². The number of ether oxygens (including phenoxy) is 3. The summed E-state index contributed by atoms with van der Waals surface area (Å²) in [5.74, 6) is -0.0861. The topological polar surface area (TPSA) is 87.9 Å². The van der Waals surface area contributed by atoms with Gasteiger partial charge in [0.2, 0.25) is 0 Å².